The van der Waals surface area contributed by atoms with Gasteiger partial charge in [0, 0.05) is 27.8 Å². The molecule has 0 aliphatic carbocycles. The second kappa shape index (κ2) is 3.35. The Hall–Kier alpha value is -1.80. The number of aromatic amines is 1. The van der Waals surface area contributed by atoms with Gasteiger partial charge in [-0.2, -0.15) is 0 Å². The van der Waals surface area contributed by atoms with Gasteiger partial charge in [0.25, 0.3) is 0 Å². The summed E-state index contributed by atoms with van der Waals surface area (Å²) in [5.74, 6) is 0. The molecule has 2 aromatic carbocycles. The van der Waals surface area contributed by atoms with Gasteiger partial charge in [-0.1, -0.05) is 30.3 Å². The van der Waals surface area contributed by atoms with Gasteiger partial charge >= 0.3 is 0 Å². The number of benzene rings is 2. The molecule has 0 saturated carbocycles. The van der Waals surface area contributed by atoms with Crippen molar-refractivity contribution in [2.24, 2.45) is 5.73 Å². The van der Waals surface area contributed by atoms with Crippen LogP contribution >= 0.6 is 0 Å². The summed E-state index contributed by atoms with van der Waals surface area (Å²) in [6, 6.07) is 14.7. The molecule has 16 heavy (non-hydrogen) atoms. The van der Waals surface area contributed by atoms with Crippen molar-refractivity contribution >= 4 is 21.8 Å². The van der Waals surface area contributed by atoms with Crippen molar-refractivity contribution in [1.29, 1.82) is 0 Å². The van der Waals surface area contributed by atoms with E-state index in [4.69, 9.17) is 5.73 Å². The summed E-state index contributed by atoms with van der Waals surface area (Å²) in [4.78, 5) is 3.42. The Morgan fingerprint density at radius 3 is 2.56 bits per heavy atom. The summed E-state index contributed by atoms with van der Waals surface area (Å²) in [6.07, 6.45) is 0. The van der Waals surface area contributed by atoms with Gasteiger partial charge in [-0.05, 0) is 24.6 Å². The minimum Gasteiger partial charge on any atom is -0.355 e. The second-order valence-electron chi connectivity index (χ2n) is 4.23. The normalized spacial score (nSPS) is 13.4. The number of aromatic nitrogens is 1. The van der Waals surface area contributed by atoms with Crippen LogP contribution in [0.5, 0.6) is 0 Å². The van der Waals surface area contributed by atoms with Crippen molar-refractivity contribution in [3.05, 3.63) is 48.0 Å². The fourth-order valence-electron chi connectivity index (χ4n) is 2.31. The Morgan fingerprint density at radius 2 is 1.75 bits per heavy atom. The Morgan fingerprint density at radius 1 is 1.00 bits per heavy atom. The molecule has 1 atom stereocenters. The van der Waals surface area contributed by atoms with Gasteiger partial charge in [0.15, 0.2) is 0 Å². The Balaban J connectivity index is 2.53. The molecule has 1 aromatic heterocycles. The molecule has 80 valence electrons. The third kappa shape index (κ3) is 1.24. The first-order chi connectivity index (χ1) is 7.77. The zero-order chi connectivity index (χ0) is 11.1. The lowest BCUT2D eigenvalue weighted by atomic mass is 10.0. The second-order valence-corrected chi connectivity index (χ2v) is 4.23. The minimum absolute atomic E-state index is 0.0582. The van der Waals surface area contributed by atoms with Crippen LogP contribution in [0.15, 0.2) is 42.5 Å². The molecule has 3 rings (SSSR count). The van der Waals surface area contributed by atoms with Crippen LogP contribution in [0.2, 0.25) is 0 Å². The molecule has 0 spiro atoms. The number of hydrogen-bond acceptors (Lipinski definition) is 1. The SMILES string of the molecule is C[C@@H](N)c1cccc2[nH]c3ccccc3c12. The van der Waals surface area contributed by atoms with Crippen LogP contribution in [0.1, 0.15) is 18.5 Å². The van der Waals surface area contributed by atoms with Gasteiger partial charge in [0.1, 0.15) is 0 Å². The molecule has 0 aliphatic heterocycles. The first-order valence-corrected chi connectivity index (χ1v) is 5.52. The van der Waals surface area contributed by atoms with Gasteiger partial charge in [0.2, 0.25) is 0 Å². The summed E-state index contributed by atoms with van der Waals surface area (Å²) in [5.41, 5.74) is 9.55. The molecule has 2 nitrogen and oxygen atoms in total. The smallest absolute Gasteiger partial charge is 0.0468 e. The third-order valence-electron chi connectivity index (χ3n) is 3.05. The molecule has 3 aromatic rings. The van der Waals surface area contributed by atoms with Gasteiger partial charge < -0.3 is 10.7 Å². The molecule has 2 heteroatoms. The highest BCUT2D eigenvalue weighted by Gasteiger charge is 2.10. The van der Waals surface area contributed by atoms with Crippen LogP contribution in [0.3, 0.4) is 0 Å². The highest BCUT2D eigenvalue weighted by atomic mass is 14.7. The number of fused-ring (bicyclic) bond motifs is 3. The number of hydrogen-bond donors (Lipinski definition) is 2. The zero-order valence-electron chi connectivity index (χ0n) is 9.20. The number of para-hydroxylation sites is 1. The lowest BCUT2D eigenvalue weighted by molar-refractivity contribution is 0.827. The Labute approximate surface area is 94.1 Å². The molecular formula is C14H14N2. The molecule has 0 aliphatic rings. The molecular weight excluding hydrogens is 196 g/mol. The van der Waals surface area contributed by atoms with Crippen LogP contribution in [0, 0.1) is 0 Å². The van der Waals surface area contributed by atoms with Crippen LogP contribution in [-0.2, 0) is 0 Å². The average molecular weight is 210 g/mol. The van der Waals surface area contributed by atoms with E-state index in [1.807, 2.05) is 13.0 Å². The maximum Gasteiger partial charge on any atom is 0.0468 e. The highest BCUT2D eigenvalue weighted by molar-refractivity contribution is 6.09. The van der Waals surface area contributed by atoms with Crippen LogP contribution < -0.4 is 5.73 Å². The molecule has 3 N–H and O–H groups in total. The first-order valence-electron chi connectivity index (χ1n) is 5.52. The molecule has 0 unspecified atom stereocenters. The Bertz CT molecular complexity index is 650. The number of nitrogens with two attached hydrogens (primary N) is 1. The van der Waals surface area contributed by atoms with E-state index in [0.29, 0.717) is 0 Å². The first kappa shape index (κ1) is 9.43. The maximum absolute atomic E-state index is 6.02. The van der Waals surface area contributed by atoms with E-state index in [-0.39, 0.29) is 6.04 Å². The largest absolute Gasteiger partial charge is 0.355 e. The van der Waals surface area contributed by atoms with Crippen molar-refractivity contribution in [2.45, 2.75) is 13.0 Å². The van der Waals surface area contributed by atoms with E-state index in [1.54, 1.807) is 0 Å². The average Bonchev–Trinajstić information content (AvgIpc) is 2.66. The summed E-state index contributed by atoms with van der Waals surface area (Å²) in [5, 5.41) is 2.51. The zero-order valence-corrected chi connectivity index (χ0v) is 9.20. The van der Waals surface area contributed by atoms with Crippen molar-refractivity contribution in [1.82, 2.24) is 4.98 Å². The fourth-order valence-corrected chi connectivity index (χ4v) is 2.31. The number of rotatable bonds is 1. The molecule has 0 bridgehead atoms. The standard InChI is InChI=1S/C14H14N2/c1-9(15)10-6-4-8-13-14(10)11-5-2-3-7-12(11)16-13/h2-9,16H,15H2,1H3/t9-/m1/s1. The summed E-state index contributed by atoms with van der Waals surface area (Å²) in [7, 11) is 0. The van der Waals surface area contributed by atoms with Gasteiger partial charge in [-0.15, -0.1) is 0 Å². The highest BCUT2D eigenvalue weighted by Crippen LogP contribution is 2.30. The van der Waals surface area contributed by atoms with Crippen LogP contribution in [0.25, 0.3) is 21.8 Å². The molecule has 0 fully saturated rings. The van der Waals surface area contributed by atoms with Gasteiger partial charge in [-0.25, -0.2) is 0 Å². The van der Waals surface area contributed by atoms with Crippen molar-refractivity contribution in [3.63, 3.8) is 0 Å². The van der Waals surface area contributed by atoms with E-state index in [0.717, 1.165) is 5.52 Å². The third-order valence-corrected chi connectivity index (χ3v) is 3.05. The summed E-state index contributed by atoms with van der Waals surface area (Å²) < 4.78 is 0. The van der Waals surface area contributed by atoms with Gasteiger partial charge in [-0.3, -0.25) is 0 Å². The monoisotopic (exact) mass is 210 g/mol. The Kier molecular flexibility index (Phi) is 1.98. The number of H-pyrrole nitrogens is 1. The van der Waals surface area contributed by atoms with Crippen molar-refractivity contribution in [2.75, 3.05) is 0 Å². The summed E-state index contributed by atoms with van der Waals surface area (Å²) in [6.45, 7) is 2.02. The lowest BCUT2D eigenvalue weighted by Gasteiger charge is -2.07. The van der Waals surface area contributed by atoms with Crippen LogP contribution in [-0.4, -0.2) is 4.98 Å². The molecule has 0 amide bonds. The van der Waals surface area contributed by atoms with E-state index in [9.17, 15) is 0 Å². The summed E-state index contributed by atoms with van der Waals surface area (Å²) >= 11 is 0. The van der Waals surface area contributed by atoms with Crippen LogP contribution in [0.4, 0.5) is 0 Å². The van der Waals surface area contributed by atoms with E-state index < -0.39 is 0 Å². The predicted molar refractivity (Wildman–Crippen MR) is 68.4 cm³/mol. The van der Waals surface area contributed by atoms with E-state index in [1.165, 1.54) is 21.9 Å². The lowest BCUT2D eigenvalue weighted by Crippen LogP contribution is -2.04. The fraction of sp³-hybridized carbons (Fsp3) is 0.143. The maximum atomic E-state index is 6.02. The minimum atomic E-state index is 0.0582. The molecule has 0 radical (unpaired) electrons. The number of nitrogens with one attached hydrogen (secondary N) is 1. The van der Waals surface area contributed by atoms with E-state index in [2.05, 4.69) is 41.4 Å². The topological polar surface area (TPSA) is 41.8 Å². The predicted octanol–water partition coefficient (Wildman–Crippen LogP) is 3.34. The quantitative estimate of drug-likeness (QED) is 0.635. The molecule has 0 saturated heterocycles. The van der Waals surface area contributed by atoms with Crippen molar-refractivity contribution in [3.8, 4) is 0 Å². The van der Waals surface area contributed by atoms with E-state index >= 15 is 0 Å². The van der Waals surface area contributed by atoms with Gasteiger partial charge in [0.05, 0.1) is 0 Å². The molecule has 1 heterocycles. The van der Waals surface area contributed by atoms with Crippen molar-refractivity contribution < 1.29 is 0 Å².